The van der Waals surface area contributed by atoms with Gasteiger partial charge in [0, 0.05) is 30.2 Å². The van der Waals surface area contributed by atoms with E-state index in [9.17, 15) is 14.4 Å². The highest BCUT2D eigenvalue weighted by atomic mass is 35.5. The summed E-state index contributed by atoms with van der Waals surface area (Å²) in [7, 11) is 0. The molecule has 0 saturated heterocycles. The summed E-state index contributed by atoms with van der Waals surface area (Å²) in [6.07, 6.45) is -0.172. The SMILES string of the molecule is CC(C)(C)OC(=O)NCCC(=O)Nc1ccc(CNC(=O)Cc2cccc(Cl)c2)cc1. The third kappa shape index (κ3) is 10.00. The normalized spacial score (nSPS) is 10.8. The fourth-order valence-electron chi connectivity index (χ4n) is 2.62. The Hall–Kier alpha value is -3.06. The topological polar surface area (TPSA) is 96.5 Å². The molecule has 0 spiro atoms. The van der Waals surface area contributed by atoms with Gasteiger partial charge in [-0.3, -0.25) is 9.59 Å². The Labute approximate surface area is 187 Å². The fourth-order valence-corrected chi connectivity index (χ4v) is 2.83. The first-order valence-electron chi connectivity index (χ1n) is 9.97. The molecule has 0 unspecified atom stereocenters. The molecule has 7 nitrogen and oxygen atoms in total. The highest BCUT2D eigenvalue weighted by Gasteiger charge is 2.15. The van der Waals surface area contributed by atoms with Crippen molar-refractivity contribution in [3.05, 3.63) is 64.7 Å². The molecular formula is C23H28ClN3O4. The van der Waals surface area contributed by atoms with Crippen LogP contribution in [0.1, 0.15) is 38.3 Å². The molecule has 8 heteroatoms. The van der Waals surface area contributed by atoms with Crippen molar-refractivity contribution in [1.29, 1.82) is 0 Å². The van der Waals surface area contributed by atoms with E-state index in [1.165, 1.54) is 0 Å². The number of amides is 3. The quantitative estimate of drug-likeness (QED) is 0.571. The molecule has 2 aromatic carbocycles. The molecule has 0 fully saturated rings. The van der Waals surface area contributed by atoms with Gasteiger partial charge in [-0.15, -0.1) is 0 Å². The van der Waals surface area contributed by atoms with Crippen molar-refractivity contribution in [1.82, 2.24) is 10.6 Å². The summed E-state index contributed by atoms with van der Waals surface area (Å²) >= 11 is 5.93. The number of benzene rings is 2. The van der Waals surface area contributed by atoms with E-state index in [1.54, 1.807) is 45.0 Å². The largest absolute Gasteiger partial charge is 0.444 e. The van der Waals surface area contributed by atoms with Crippen molar-refractivity contribution < 1.29 is 19.1 Å². The molecule has 31 heavy (non-hydrogen) atoms. The molecule has 0 aliphatic rings. The first-order valence-corrected chi connectivity index (χ1v) is 10.4. The van der Waals surface area contributed by atoms with Crippen molar-refractivity contribution in [3.63, 3.8) is 0 Å². The number of anilines is 1. The highest BCUT2D eigenvalue weighted by Crippen LogP contribution is 2.12. The van der Waals surface area contributed by atoms with Crippen LogP contribution in [0.3, 0.4) is 0 Å². The number of alkyl carbamates (subject to hydrolysis) is 1. The van der Waals surface area contributed by atoms with Crippen molar-refractivity contribution in [3.8, 4) is 0 Å². The minimum atomic E-state index is -0.581. The fraction of sp³-hybridized carbons (Fsp3) is 0.348. The van der Waals surface area contributed by atoms with E-state index >= 15 is 0 Å². The van der Waals surface area contributed by atoms with Gasteiger partial charge in [0.05, 0.1) is 6.42 Å². The average Bonchev–Trinajstić information content (AvgIpc) is 2.66. The molecule has 0 saturated carbocycles. The maximum absolute atomic E-state index is 12.1. The summed E-state index contributed by atoms with van der Waals surface area (Å²) in [6.45, 7) is 5.87. The number of rotatable bonds is 8. The Morgan fingerprint density at radius 3 is 2.29 bits per heavy atom. The third-order valence-electron chi connectivity index (χ3n) is 4.00. The van der Waals surface area contributed by atoms with Crippen LogP contribution in [-0.2, 0) is 27.3 Å². The Kier molecular flexibility index (Phi) is 8.88. The molecule has 0 atom stereocenters. The maximum atomic E-state index is 12.1. The minimum Gasteiger partial charge on any atom is -0.444 e. The van der Waals surface area contributed by atoms with E-state index in [2.05, 4.69) is 16.0 Å². The lowest BCUT2D eigenvalue weighted by Crippen LogP contribution is -2.34. The summed E-state index contributed by atoms with van der Waals surface area (Å²) in [4.78, 5) is 35.7. The van der Waals surface area contributed by atoms with Crippen LogP contribution in [0.4, 0.5) is 10.5 Å². The monoisotopic (exact) mass is 445 g/mol. The lowest BCUT2D eigenvalue weighted by atomic mass is 10.1. The predicted molar refractivity (Wildman–Crippen MR) is 121 cm³/mol. The van der Waals surface area contributed by atoms with E-state index in [1.807, 2.05) is 24.3 Å². The van der Waals surface area contributed by atoms with Crippen molar-refractivity contribution in [2.75, 3.05) is 11.9 Å². The Morgan fingerprint density at radius 2 is 1.65 bits per heavy atom. The second-order valence-corrected chi connectivity index (χ2v) is 8.44. The molecule has 0 bridgehead atoms. The van der Waals surface area contributed by atoms with Gasteiger partial charge >= 0.3 is 6.09 Å². The summed E-state index contributed by atoms with van der Waals surface area (Å²) in [5.41, 5.74) is 1.81. The number of ether oxygens (including phenoxy) is 1. The number of hydrogen-bond donors (Lipinski definition) is 3. The molecule has 0 aliphatic heterocycles. The number of halogens is 1. The van der Waals surface area contributed by atoms with Crippen molar-refractivity contribution in [2.24, 2.45) is 0 Å². The van der Waals surface area contributed by atoms with Crippen LogP contribution in [0.2, 0.25) is 5.02 Å². The van der Waals surface area contributed by atoms with Crippen LogP contribution < -0.4 is 16.0 Å². The minimum absolute atomic E-state index is 0.0999. The molecule has 0 heterocycles. The van der Waals surface area contributed by atoms with Crippen LogP contribution in [0.15, 0.2) is 48.5 Å². The molecule has 0 radical (unpaired) electrons. The predicted octanol–water partition coefficient (Wildman–Crippen LogP) is 4.05. The molecule has 2 rings (SSSR count). The Bertz CT molecular complexity index is 908. The second-order valence-electron chi connectivity index (χ2n) is 8.01. The zero-order valence-corrected chi connectivity index (χ0v) is 18.7. The van der Waals surface area contributed by atoms with Crippen LogP contribution in [0, 0.1) is 0 Å². The number of carbonyl (C=O) groups is 3. The van der Waals surface area contributed by atoms with Crippen LogP contribution in [-0.4, -0.2) is 30.1 Å². The zero-order valence-electron chi connectivity index (χ0n) is 18.0. The first-order chi connectivity index (χ1) is 14.6. The molecule has 0 aromatic heterocycles. The Morgan fingerprint density at radius 1 is 0.935 bits per heavy atom. The third-order valence-corrected chi connectivity index (χ3v) is 4.24. The van der Waals surface area contributed by atoms with Crippen LogP contribution >= 0.6 is 11.6 Å². The molecular weight excluding hydrogens is 418 g/mol. The van der Waals surface area contributed by atoms with E-state index in [0.29, 0.717) is 17.3 Å². The summed E-state index contributed by atoms with van der Waals surface area (Å²) < 4.78 is 5.11. The number of hydrogen-bond acceptors (Lipinski definition) is 4. The van der Waals surface area contributed by atoms with Crippen LogP contribution in [0.5, 0.6) is 0 Å². The molecule has 2 aromatic rings. The molecule has 166 valence electrons. The van der Waals surface area contributed by atoms with E-state index in [0.717, 1.165) is 11.1 Å². The van der Waals surface area contributed by atoms with E-state index in [4.69, 9.17) is 16.3 Å². The highest BCUT2D eigenvalue weighted by molar-refractivity contribution is 6.30. The van der Waals surface area contributed by atoms with E-state index < -0.39 is 11.7 Å². The maximum Gasteiger partial charge on any atom is 0.407 e. The van der Waals surface area contributed by atoms with Gasteiger partial charge in [0.25, 0.3) is 0 Å². The number of nitrogens with one attached hydrogen (secondary N) is 3. The second kappa shape index (κ2) is 11.4. The molecule has 3 amide bonds. The summed E-state index contributed by atoms with van der Waals surface area (Å²) in [6, 6.07) is 14.4. The van der Waals surface area contributed by atoms with Gasteiger partial charge in [-0.2, -0.15) is 0 Å². The van der Waals surface area contributed by atoms with Crippen molar-refractivity contribution in [2.45, 2.75) is 45.8 Å². The van der Waals surface area contributed by atoms with Gasteiger partial charge in [0.1, 0.15) is 5.60 Å². The Balaban J connectivity index is 1.70. The van der Waals surface area contributed by atoms with Crippen molar-refractivity contribution >= 4 is 35.2 Å². The van der Waals surface area contributed by atoms with Crippen LogP contribution in [0.25, 0.3) is 0 Å². The number of carbonyl (C=O) groups excluding carboxylic acids is 3. The average molecular weight is 446 g/mol. The zero-order chi connectivity index (χ0) is 22.9. The van der Waals surface area contributed by atoms with Gasteiger partial charge in [0.15, 0.2) is 0 Å². The molecule has 0 aliphatic carbocycles. The van der Waals surface area contributed by atoms with Gasteiger partial charge in [0.2, 0.25) is 11.8 Å². The van der Waals surface area contributed by atoms with Gasteiger partial charge in [-0.05, 0) is 56.2 Å². The smallest absolute Gasteiger partial charge is 0.407 e. The lowest BCUT2D eigenvalue weighted by Gasteiger charge is -2.19. The molecule has 3 N–H and O–H groups in total. The lowest BCUT2D eigenvalue weighted by molar-refractivity contribution is -0.120. The van der Waals surface area contributed by atoms with Gasteiger partial charge < -0.3 is 20.7 Å². The summed E-state index contributed by atoms with van der Waals surface area (Å²) in [5.74, 6) is -0.323. The van der Waals surface area contributed by atoms with Gasteiger partial charge in [-0.25, -0.2) is 4.79 Å². The standard InChI is InChI=1S/C23H28ClN3O4/c1-23(2,3)31-22(30)25-12-11-20(28)27-19-9-7-16(8-10-19)15-26-21(29)14-17-5-4-6-18(24)13-17/h4-10,13H,11-12,14-15H2,1-3H3,(H,25,30)(H,26,29)(H,27,28). The summed E-state index contributed by atoms with van der Waals surface area (Å²) in [5, 5.41) is 8.77. The van der Waals surface area contributed by atoms with Gasteiger partial charge in [-0.1, -0.05) is 35.9 Å². The first kappa shape index (κ1) is 24.2. The van der Waals surface area contributed by atoms with E-state index in [-0.39, 0.29) is 31.2 Å².